The Hall–Kier alpha value is -4.06. The largest absolute Gasteiger partial charge is 0.497 e. The highest BCUT2D eigenvalue weighted by Crippen LogP contribution is 2.42. The number of carbonyl (C=O) groups excluding carboxylic acids is 1. The van der Waals surface area contributed by atoms with Crippen LogP contribution in [0.1, 0.15) is 78.5 Å². The van der Waals surface area contributed by atoms with Crippen molar-refractivity contribution in [3.8, 4) is 16.9 Å². The average molecular weight is 679 g/mol. The molecule has 0 aliphatic heterocycles. The number of benzene rings is 2. The van der Waals surface area contributed by atoms with E-state index >= 15 is 8.78 Å². The van der Waals surface area contributed by atoms with Crippen molar-refractivity contribution in [1.29, 1.82) is 0 Å². The second-order valence-corrected chi connectivity index (χ2v) is 13.0. The van der Waals surface area contributed by atoms with E-state index in [9.17, 15) is 32.7 Å². The molecular formula is C36H43F5N2O5. The van der Waals surface area contributed by atoms with Crippen LogP contribution in [0.4, 0.5) is 22.0 Å². The van der Waals surface area contributed by atoms with E-state index < -0.39 is 71.1 Å². The third kappa shape index (κ3) is 8.89. The molecule has 48 heavy (non-hydrogen) atoms. The number of hydrogen-bond donors (Lipinski definition) is 1. The summed E-state index contributed by atoms with van der Waals surface area (Å²) in [6, 6.07) is 3.77. The lowest BCUT2D eigenvalue weighted by molar-refractivity contribution is -0.140. The lowest BCUT2D eigenvalue weighted by Crippen LogP contribution is -2.34. The van der Waals surface area contributed by atoms with Crippen molar-refractivity contribution in [2.45, 2.75) is 78.4 Å². The lowest BCUT2D eigenvalue weighted by atomic mass is 9.83. The first kappa shape index (κ1) is 38.4. The third-order valence-corrected chi connectivity index (χ3v) is 8.50. The van der Waals surface area contributed by atoms with E-state index in [1.807, 2.05) is 19.0 Å². The summed E-state index contributed by atoms with van der Waals surface area (Å²) >= 11 is 0. The maximum Gasteiger partial charge on any atom is 0.419 e. The normalized spacial score (nSPS) is 13.2. The number of aryl methyl sites for hydroxylation is 2. The van der Waals surface area contributed by atoms with Crippen LogP contribution in [-0.4, -0.2) is 54.1 Å². The first-order valence-electron chi connectivity index (χ1n) is 15.6. The fourth-order valence-corrected chi connectivity index (χ4v) is 6.09. The predicted octanol–water partition coefficient (Wildman–Crippen LogP) is 7.66. The first-order valence-corrected chi connectivity index (χ1v) is 15.6. The van der Waals surface area contributed by atoms with Crippen LogP contribution in [0.5, 0.6) is 5.75 Å². The van der Waals surface area contributed by atoms with Crippen molar-refractivity contribution in [1.82, 2.24) is 9.47 Å². The van der Waals surface area contributed by atoms with Gasteiger partial charge >= 0.3 is 12.1 Å². The van der Waals surface area contributed by atoms with Crippen LogP contribution in [0.2, 0.25) is 0 Å². The Morgan fingerprint density at radius 3 is 2.08 bits per heavy atom. The Morgan fingerprint density at radius 1 is 0.979 bits per heavy atom. The summed E-state index contributed by atoms with van der Waals surface area (Å²) in [6.45, 7) is 8.84. The molecule has 0 amide bonds. The minimum atomic E-state index is -5.14. The van der Waals surface area contributed by atoms with Crippen LogP contribution in [0.15, 0.2) is 35.3 Å². The molecule has 1 aromatic heterocycles. The molecule has 0 saturated carbocycles. The third-order valence-electron chi connectivity index (χ3n) is 8.50. The SMILES string of the molecule is COc1cc(C)c(-c2cc([C@H](CC(=O)O)CC(=O)C(CC(C)C)n3cc(CCN(C)C)c(C)c(F)c3=O)c(F)c(C(F)(F)F)c2)c(C)c1. The van der Waals surface area contributed by atoms with Gasteiger partial charge in [-0.15, -0.1) is 0 Å². The number of carboxylic acid groups (broad SMARTS) is 1. The number of halogens is 5. The molecule has 3 rings (SSSR count). The second-order valence-electron chi connectivity index (χ2n) is 13.0. The predicted molar refractivity (Wildman–Crippen MR) is 174 cm³/mol. The number of ether oxygens (including phenoxy) is 1. The van der Waals surface area contributed by atoms with Crippen molar-refractivity contribution in [3.63, 3.8) is 0 Å². The number of Topliss-reactive ketones (excluding diaryl/α,β-unsaturated/α-hetero) is 1. The van der Waals surface area contributed by atoms with Crippen LogP contribution in [0, 0.1) is 38.3 Å². The topological polar surface area (TPSA) is 88.8 Å². The maximum absolute atomic E-state index is 15.9. The minimum absolute atomic E-state index is 0.0136. The molecule has 262 valence electrons. The molecule has 0 bridgehead atoms. The number of likely N-dealkylation sites (N-methyl/N-ethyl adjacent to an activating group) is 1. The molecule has 1 N–H and O–H groups in total. The molecule has 0 aliphatic carbocycles. The lowest BCUT2D eigenvalue weighted by Gasteiger charge is -2.26. The van der Waals surface area contributed by atoms with Crippen molar-refractivity contribution >= 4 is 11.8 Å². The van der Waals surface area contributed by atoms with E-state index in [4.69, 9.17) is 4.74 Å². The van der Waals surface area contributed by atoms with Gasteiger partial charge in [-0.3, -0.25) is 14.4 Å². The van der Waals surface area contributed by atoms with Crippen molar-refractivity contribution in [2.24, 2.45) is 5.92 Å². The molecule has 0 fully saturated rings. The molecule has 12 heteroatoms. The summed E-state index contributed by atoms with van der Waals surface area (Å²) in [7, 11) is 5.09. The molecule has 1 unspecified atom stereocenters. The molecule has 0 saturated heterocycles. The number of ketones is 1. The van der Waals surface area contributed by atoms with Crippen LogP contribution < -0.4 is 10.3 Å². The number of aliphatic carboxylic acids is 1. The van der Waals surface area contributed by atoms with Crippen LogP contribution in [0.3, 0.4) is 0 Å². The van der Waals surface area contributed by atoms with E-state index in [0.717, 1.165) is 10.6 Å². The van der Waals surface area contributed by atoms with Gasteiger partial charge in [0, 0.05) is 25.1 Å². The van der Waals surface area contributed by atoms with Crippen LogP contribution in [-0.2, 0) is 22.2 Å². The van der Waals surface area contributed by atoms with Gasteiger partial charge in [0.2, 0.25) is 0 Å². The number of methoxy groups -OCH3 is 1. The summed E-state index contributed by atoms with van der Waals surface area (Å²) in [4.78, 5) is 41.2. The number of pyridine rings is 1. The molecule has 1 heterocycles. The highest BCUT2D eigenvalue weighted by atomic mass is 19.4. The van der Waals surface area contributed by atoms with Gasteiger partial charge in [-0.1, -0.05) is 13.8 Å². The van der Waals surface area contributed by atoms with Gasteiger partial charge in [0.05, 0.1) is 25.1 Å². The first-order chi connectivity index (χ1) is 22.3. The number of carbonyl (C=O) groups is 2. The van der Waals surface area contributed by atoms with Crippen molar-refractivity contribution in [2.75, 3.05) is 27.7 Å². The standard InChI is InChI=1S/C36H43F5N2O5/c1-19(2)11-29(43-18-23(9-10-42(6)7)22(5)33(37)35(43)47)30(44)16-24(17-31(45)46)27-14-25(15-28(34(27)38)36(39,40)41)32-20(3)12-26(48-8)13-21(32)4/h12-15,18-19,24,29H,9-11,16-17H2,1-8H3,(H,45,46)/t24-,29?/m0/s1. The number of aromatic nitrogens is 1. The second kappa shape index (κ2) is 15.4. The van der Waals surface area contributed by atoms with E-state index in [2.05, 4.69) is 0 Å². The van der Waals surface area contributed by atoms with E-state index in [-0.39, 0.29) is 23.5 Å². The quantitative estimate of drug-likeness (QED) is 0.176. The molecule has 0 radical (unpaired) electrons. The number of carboxylic acids is 1. The number of rotatable bonds is 14. The zero-order valence-corrected chi connectivity index (χ0v) is 28.5. The Labute approximate surface area is 277 Å². The van der Waals surface area contributed by atoms with Gasteiger partial charge in [-0.25, -0.2) is 8.78 Å². The monoisotopic (exact) mass is 678 g/mol. The van der Waals surface area contributed by atoms with Gasteiger partial charge in [-0.05, 0) is 117 Å². The summed E-state index contributed by atoms with van der Waals surface area (Å²) in [5, 5.41) is 9.78. The van der Waals surface area contributed by atoms with E-state index in [0.29, 0.717) is 47.0 Å². The average Bonchev–Trinajstić information content (AvgIpc) is 2.97. The fourth-order valence-electron chi connectivity index (χ4n) is 6.09. The molecule has 2 atom stereocenters. The van der Waals surface area contributed by atoms with Gasteiger partial charge < -0.3 is 19.3 Å². The summed E-state index contributed by atoms with van der Waals surface area (Å²) in [6.07, 6.45) is -4.89. The molecule has 0 spiro atoms. The zero-order valence-electron chi connectivity index (χ0n) is 28.5. The zero-order chi connectivity index (χ0) is 36.2. The number of alkyl halides is 3. The molecule has 3 aromatic rings. The minimum Gasteiger partial charge on any atom is -0.497 e. The summed E-state index contributed by atoms with van der Waals surface area (Å²) < 4.78 is 80.2. The van der Waals surface area contributed by atoms with Crippen molar-refractivity contribution in [3.05, 3.63) is 85.8 Å². The molecule has 0 aliphatic rings. The highest BCUT2D eigenvalue weighted by Gasteiger charge is 2.38. The fraction of sp³-hybridized carbons (Fsp3) is 0.472. The summed E-state index contributed by atoms with van der Waals surface area (Å²) in [5.41, 5.74) is -1.20. The molecule has 7 nitrogen and oxygen atoms in total. The maximum atomic E-state index is 15.9. The Morgan fingerprint density at radius 2 is 1.58 bits per heavy atom. The number of nitrogens with zero attached hydrogens (tertiary/aromatic N) is 2. The van der Waals surface area contributed by atoms with Crippen LogP contribution in [0.25, 0.3) is 11.1 Å². The van der Waals surface area contributed by atoms with Gasteiger partial charge in [-0.2, -0.15) is 13.2 Å². The van der Waals surface area contributed by atoms with Crippen molar-refractivity contribution < 1.29 is 41.4 Å². The smallest absolute Gasteiger partial charge is 0.419 e. The Bertz CT molecular complexity index is 1710. The van der Waals surface area contributed by atoms with E-state index in [1.165, 1.54) is 20.2 Å². The molecule has 2 aromatic carbocycles. The number of hydrogen-bond acceptors (Lipinski definition) is 5. The van der Waals surface area contributed by atoms with Gasteiger partial charge in [0.25, 0.3) is 5.56 Å². The Balaban J connectivity index is 2.23. The van der Waals surface area contributed by atoms with E-state index in [1.54, 1.807) is 39.8 Å². The molecular weight excluding hydrogens is 635 g/mol. The van der Waals surface area contributed by atoms with Gasteiger partial charge in [0.15, 0.2) is 11.6 Å². The van der Waals surface area contributed by atoms with Crippen LogP contribution >= 0.6 is 0 Å². The highest BCUT2D eigenvalue weighted by molar-refractivity contribution is 5.84. The van der Waals surface area contributed by atoms with Gasteiger partial charge in [0.1, 0.15) is 11.6 Å². The summed E-state index contributed by atoms with van der Waals surface area (Å²) in [5.74, 6) is -6.18. The Kier molecular flexibility index (Phi) is 12.3.